The second-order valence-corrected chi connectivity index (χ2v) is 12.6. The minimum absolute atomic E-state index is 0.187. The van der Waals surface area contributed by atoms with E-state index in [0.29, 0.717) is 38.2 Å². The lowest BCUT2D eigenvalue weighted by atomic mass is 10.1. The molecule has 12 heteroatoms. The Labute approximate surface area is 282 Å². The summed E-state index contributed by atoms with van der Waals surface area (Å²) in [5.74, 6) is -1.07. The quantitative estimate of drug-likeness (QED) is 0.109. The van der Waals surface area contributed by atoms with Crippen molar-refractivity contribution in [3.05, 3.63) is 69.6 Å². The van der Waals surface area contributed by atoms with Crippen LogP contribution in [0, 0.1) is 0 Å². The van der Waals surface area contributed by atoms with Crippen molar-refractivity contribution in [3.63, 3.8) is 0 Å². The molecule has 2 atom stereocenters. The topological polar surface area (TPSA) is 170 Å². The smallest absolute Gasteiger partial charge is 0.329 e. The third kappa shape index (κ3) is 11.4. The molecule has 3 amide bonds. The number of fused-ring (bicyclic) bond motifs is 1. The highest BCUT2D eigenvalue weighted by Gasteiger charge is 2.31. The van der Waals surface area contributed by atoms with Crippen molar-refractivity contribution < 1.29 is 28.6 Å². The first kappa shape index (κ1) is 37.0. The summed E-state index contributed by atoms with van der Waals surface area (Å²) in [5, 5.41) is 2.34. The number of nitrogens with zero attached hydrogens (tertiary/aromatic N) is 2. The highest BCUT2D eigenvalue weighted by Crippen LogP contribution is 2.24. The van der Waals surface area contributed by atoms with Crippen LogP contribution in [0.3, 0.4) is 0 Å². The summed E-state index contributed by atoms with van der Waals surface area (Å²) in [6.07, 6.45) is 8.09. The number of nitrogens with one attached hydrogen (secondary N) is 1. The third-order valence-corrected chi connectivity index (χ3v) is 8.65. The van der Waals surface area contributed by atoms with Gasteiger partial charge in [-0.15, -0.1) is 0 Å². The number of unbranched alkanes of at least 4 members (excludes halogenated alkanes) is 2. The number of carbonyl (C=O) groups excluding carboxylic acids is 3. The van der Waals surface area contributed by atoms with Crippen molar-refractivity contribution in [3.8, 4) is 0 Å². The van der Waals surface area contributed by atoms with Gasteiger partial charge in [-0.05, 0) is 86.6 Å². The molecule has 262 valence electrons. The van der Waals surface area contributed by atoms with Crippen LogP contribution in [0.15, 0.2) is 47.3 Å². The van der Waals surface area contributed by atoms with Crippen LogP contribution in [-0.4, -0.2) is 65.9 Å². The number of hydrogen-bond donors (Lipinski definition) is 3. The van der Waals surface area contributed by atoms with Gasteiger partial charge in [-0.25, -0.2) is 4.79 Å². The fourth-order valence-corrected chi connectivity index (χ4v) is 5.88. The van der Waals surface area contributed by atoms with Crippen molar-refractivity contribution >= 4 is 28.8 Å². The summed E-state index contributed by atoms with van der Waals surface area (Å²) in [7, 11) is 1.71. The summed E-state index contributed by atoms with van der Waals surface area (Å²) in [5.41, 5.74) is 15.8. The van der Waals surface area contributed by atoms with Crippen molar-refractivity contribution in [2.45, 2.75) is 89.3 Å². The van der Waals surface area contributed by atoms with Crippen LogP contribution >= 0.6 is 0 Å². The first-order chi connectivity index (χ1) is 23.2. The lowest BCUT2D eigenvalue weighted by Gasteiger charge is -2.21. The summed E-state index contributed by atoms with van der Waals surface area (Å²) in [4.78, 5) is 47.7. The number of aromatic nitrogens is 2. The standard InChI is InChI=1S/C36H51N5O7/c1-40-32-23-27(13-15-30(32)41(36(40)45)31-16-18-34(43)39-35(31)44)8-6-22-47-20-4-2-3-19-46-21-5-7-26-9-11-28(12-10-26)24-48-25-29(37)14-17-33(38)42/h9-13,15,23,29,31H,2-8,14,16-22,24-25,37H2,1H3,(H2,38,42)(H,39,43,44)/t29-,31?/m0/s1. The van der Waals surface area contributed by atoms with Gasteiger partial charge in [-0.2, -0.15) is 0 Å². The molecular weight excluding hydrogens is 614 g/mol. The molecule has 0 aliphatic carbocycles. The molecule has 1 unspecified atom stereocenters. The number of hydrogen-bond acceptors (Lipinski definition) is 8. The van der Waals surface area contributed by atoms with Gasteiger partial charge in [-0.1, -0.05) is 30.3 Å². The van der Waals surface area contributed by atoms with E-state index < -0.39 is 11.9 Å². The van der Waals surface area contributed by atoms with Gasteiger partial charge in [0.1, 0.15) is 6.04 Å². The summed E-state index contributed by atoms with van der Waals surface area (Å²) in [6, 6.07) is 13.4. The minimum atomic E-state index is -0.674. The van der Waals surface area contributed by atoms with Crippen molar-refractivity contribution in [1.29, 1.82) is 0 Å². The third-order valence-electron chi connectivity index (χ3n) is 8.65. The molecule has 1 fully saturated rings. The van der Waals surface area contributed by atoms with Crippen LogP contribution in [0.5, 0.6) is 0 Å². The molecule has 1 saturated heterocycles. The number of ether oxygens (including phenoxy) is 3. The van der Waals surface area contributed by atoms with Crippen molar-refractivity contribution in [2.24, 2.45) is 18.5 Å². The van der Waals surface area contributed by atoms with Gasteiger partial charge in [0.25, 0.3) is 0 Å². The number of benzene rings is 2. The van der Waals surface area contributed by atoms with Gasteiger partial charge in [0.2, 0.25) is 17.7 Å². The molecule has 48 heavy (non-hydrogen) atoms. The number of rotatable bonds is 22. The summed E-state index contributed by atoms with van der Waals surface area (Å²) < 4.78 is 20.4. The van der Waals surface area contributed by atoms with E-state index in [9.17, 15) is 19.2 Å². The van der Waals surface area contributed by atoms with Gasteiger partial charge in [0.05, 0.1) is 24.2 Å². The zero-order valence-electron chi connectivity index (χ0n) is 28.1. The lowest BCUT2D eigenvalue weighted by molar-refractivity contribution is -0.135. The van der Waals surface area contributed by atoms with Gasteiger partial charge < -0.3 is 25.7 Å². The highest BCUT2D eigenvalue weighted by atomic mass is 16.5. The van der Waals surface area contributed by atoms with Crippen LogP contribution in [0.2, 0.25) is 0 Å². The Morgan fingerprint density at radius 3 is 2.15 bits per heavy atom. The van der Waals surface area contributed by atoms with Gasteiger partial charge in [0, 0.05) is 52.4 Å². The van der Waals surface area contributed by atoms with Crippen LogP contribution in [0.4, 0.5) is 0 Å². The summed E-state index contributed by atoms with van der Waals surface area (Å²) in [6.45, 7) is 3.79. The number of piperidine rings is 1. The van der Waals surface area contributed by atoms with Crippen LogP contribution in [-0.2, 0) is 55.1 Å². The zero-order chi connectivity index (χ0) is 34.3. The normalized spacial score (nSPS) is 15.6. The Balaban J connectivity index is 1.00. The molecule has 4 rings (SSSR count). The fraction of sp³-hybridized carbons (Fsp3) is 0.556. The Hall–Kier alpha value is -3.84. The van der Waals surface area contributed by atoms with Crippen LogP contribution < -0.4 is 22.5 Å². The molecule has 3 aromatic rings. The van der Waals surface area contributed by atoms with Crippen LogP contribution in [0.1, 0.15) is 80.5 Å². The van der Waals surface area contributed by atoms with E-state index in [1.807, 2.05) is 18.2 Å². The largest absolute Gasteiger partial charge is 0.381 e. The second-order valence-electron chi connectivity index (χ2n) is 12.6. The number of aryl methyl sites for hydroxylation is 3. The summed E-state index contributed by atoms with van der Waals surface area (Å²) >= 11 is 0. The fourth-order valence-electron chi connectivity index (χ4n) is 5.88. The number of nitrogens with two attached hydrogens (primary N) is 2. The van der Waals surface area contributed by atoms with E-state index in [-0.39, 0.29) is 36.4 Å². The SMILES string of the molecule is Cn1c(=O)n(C2CCC(=O)NC2=O)c2ccc(CCCOCCCCCOCCCc3ccc(COC[C@@H](N)CCC(N)=O)cc3)cc21. The predicted molar refractivity (Wildman–Crippen MR) is 183 cm³/mol. The number of primary amides is 1. The zero-order valence-corrected chi connectivity index (χ0v) is 28.1. The number of imidazole rings is 1. The second kappa shape index (κ2) is 19.2. The lowest BCUT2D eigenvalue weighted by Crippen LogP contribution is -2.44. The molecule has 12 nitrogen and oxygen atoms in total. The maximum absolute atomic E-state index is 12.9. The first-order valence-electron chi connectivity index (χ1n) is 17.1. The van der Waals surface area contributed by atoms with Crippen molar-refractivity contribution in [1.82, 2.24) is 14.5 Å². The maximum atomic E-state index is 12.9. The van der Waals surface area contributed by atoms with E-state index in [4.69, 9.17) is 25.7 Å². The Morgan fingerprint density at radius 1 is 0.854 bits per heavy atom. The van der Waals surface area contributed by atoms with E-state index in [1.54, 1.807) is 11.6 Å². The Kier molecular flexibility index (Phi) is 14.8. The molecular formula is C36H51N5O7. The molecule has 1 aliphatic heterocycles. The molecule has 0 radical (unpaired) electrons. The van der Waals surface area contributed by atoms with Crippen LogP contribution in [0.25, 0.3) is 11.0 Å². The number of imide groups is 1. The average molecular weight is 666 g/mol. The maximum Gasteiger partial charge on any atom is 0.329 e. The average Bonchev–Trinajstić information content (AvgIpc) is 3.31. The monoisotopic (exact) mass is 665 g/mol. The van der Waals surface area contributed by atoms with Crippen molar-refractivity contribution in [2.75, 3.05) is 33.0 Å². The molecule has 5 N–H and O–H groups in total. The van der Waals surface area contributed by atoms with Gasteiger partial charge in [0.15, 0.2) is 0 Å². The molecule has 1 aliphatic rings. The van der Waals surface area contributed by atoms with E-state index >= 15 is 0 Å². The number of carbonyl (C=O) groups is 3. The first-order valence-corrected chi connectivity index (χ1v) is 17.1. The molecule has 0 bridgehead atoms. The van der Waals surface area contributed by atoms with E-state index in [0.717, 1.165) is 81.4 Å². The minimum Gasteiger partial charge on any atom is -0.381 e. The Bertz CT molecular complexity index is 1550. The number of amides is 3. The molecule has 0 saturated carbocycles. The molecule has 1 aromatic heterocycles. The predicted octanol–water partition coefficient (Wildman–Crippen LogP) is 3.20. The van der Waals surface area contributed by atoms with E-state index in [1.165, 1.54) is 10.1 Å². The Morgan fingerprint density at radius 2 is 1.48 bits per heavy atom. The molecule has 2 heterocycles. The van der Waals surface area contributed by atoms with E-state index in [2.05, 4.69) is 29.6 Å². The van der Waals surface area contributed by atoms with Gasteiger partial charge in [-0.3, -0.25) is 28.8 Å². The van der Waals surface area contributed by atoms with Gasteiger partial charge >= 0.3 is 5.69 Å². The molecule has 2 aromatic carbocycles. The highest BCUT2D eigenvalue weighted by molar-refractivity contribution is 6.00. The molecule has 0 spiro atoms.